The second kappa shape index (κ2) is 23.8. The Morgan fingerprint density at radius 1 is 1.00 bits per heavy atom. The number of benzene rings is 2. The van der Waals surface area contributed by atoms with E-state index in [9.17, 15) is 32.3 Å². The van der Waals surface area contributed by atoms with Gasteiger partial charge in [-0.05, 0) is 100 Å². The molecule has 2 aliphatic heterocycles. The number of nitrogens with zero attached hydrogens (tertiary/aromatic N) is 6. The summed E-state index contributed by atoms with van der Waals surface area (Å²) in [5.74, 6) is -3.45. The number of nitrogens with one attached hydrogen (secondary N) is 2. The molecule has 2 aromatic carbocycles. The molecule has 4 aromatic rings. The summed E-state index contributed by atoms with van der Waals surface area (Å²) in [7, 11) is 0. The maximum atomic E-state index is 15.4. The standard InChI is InChI=1S/C50H57ClF4N8O7S2/c1-30-42(72-29-59-30)32-15-13-31(14-16-32)26-58-44(65)36-12-10-19-61(36)45(66)43(48(2,3)4)60-38(64)28-69-22-11-21-68-20-8-7-9-23-70-39-24-34(51)37(27-57-39)63-47(71)62(46(67)49(63,5)6)35-18-17-33(25-56)40(41(35)52)50(53,54)55/h13-18,24,27,29,36,43H,7-12,19-23,26,28H2,1-6H3,(H,58,65)(H,60,64). The number of hydrogen-bond donors (Lipinski definition) is 2. The van der Waals surface area contributed by atoms with Crippen molar-refractivity contribution < 1.29 is 51.0 Å². The molecule has 6 rings (SSSR count). The Hall–Kier alpha value is -5.79. The molecule has 2 N–H and O–H groups in total. The lowest BCUT2D eigenvalue weighted by atomic mass is 9.85. The minimum atomic E-state index is -5.21. The van der Waals surface area contributed by atoms with Gasteiger partial charge in [0.05, 0.1) is 56.9 Å². The number of halogens is 5. The van der Waals surface area contributed by atoms with E-state index in [2.05, 4.69) is 20.6 Å². The van der Waals surface area contributed by atoms with Gasteiger partial charge < -0.3 is 34.6 Å². The van der Waals surface area contributed by atoms with Crippen LogP contribution >= 0.6 is 35.2 Å². The molecule has 4 heterocycles. The Labute approximate surface area is 430 Å². The third-order valence-electron chi connectivity index (χ3n) is 12.2. The monoisotopic (exact) mass is 1060 g/mol. The summed E-state index contributed by atoms with van der Waals surface area (Å²) in [6.07, 6.45) is -0.0230. The fourth-order valence-corrected chi connectivity index (χ4v) is 9.89. The number of pyridine rings is 1. The van der Waals surface area contributed by atoms with E-state index in [0.29, 0.717) is 63.5 Å². The number of aryl methyl sites for hydroxylation is 1. The Bertz CT molecular complexity index is 2670. The smallest absolute Gasteiger partial charge is 0.420 e. The van der Waals surface area contributed by atoms with Crippen LogP contribution in [0, 0.1) is 29.5 Å². The van der Waals surface area contributed by atoms with Crippen LogP contribution in [0.1, 0.15) is 95.5 Å². The van der Waals surface area contributed by atoms with Gasteiger partial charge in [-0.1, -0.05) is 56.6 Å². The summed E-state index contributed by atoms with van der Waals surface area (Å²) in [5.41, 5.74) is -0.743. The molecule has 0 aliphatic carbocycles. The van der Waals surface area contributed by atoms with Crippen molar-refractivity contribution in [2.75, 3.05) is 49.4 Å². The minimum absolute atomic E-state index is 0.0646. The molecule has 386 valence electrons. The highest BCUT2D eigenvalue weighted by Gasteiger charge is 2.52. The topological polar surface area (TPSA) is 179 Å². The minimum Gasteiger partial charge on any atom is -0.478 e. The molecule has 72 heavy (non-hydrogen) atoms. The fourth-order valence-electron chi connectivity index (χ4n) is 8.34. The molecule has 2 atom stereocenters. The van der Waals surface area contributed by atoms with Gasteiger partial charge in [-0.3, -0.25) is 24.1 Å². The lowest BCUT2D eigenvalue weighted by molar-refractivity contribution is -0.144. The first-order chi connectivity index (χ1) is 34.1. The fraction of sp³-hybridized carbons (Fsp3) is 0.480. The van der Waals surface area contributed by atoms with Crippen LogP contribution in [0.15, 0.2) is 54.2 Å². The lowest BCUT2D eigenvalue weighted by Crippen LogP contribution is -2.58. The molecule has 0 radical (unpaired) electrons. The van der Waals surface area contributed by atoms with E-state index in [-0.39, 0.29) is 46.7 Å². The average Bonchev–Trinajstić information content (AvgIpc) is 4.04. The van der Waals surface area contributed by atoms with E-state index in [1.54, 1.807) is 16.2 Å². The second-order valence-corrected chi connectivity index (χ2v) is 20.5. The molecule has 0 bridgehead atoms. The van der Waals surface area contributed by atoms with Crippen molar-refractivity contribution >= 4 is 75.3 Å². The maximum Gasteiger partial charge on any atom is 0.420 e. The SMILES string of the molecule is Cc1ncsc1-c1ccc(CNC(=O)C2CCCN2C(=O)C(NC(=O)COCCCOCCCCCOc2cc(Cl)c(N3C(=S)N(c4ccc(C#N)c(C(F)(F)F)c4F)C(=O)C3(C)C)cn2)C(C)(C)C)cc1. The molecule has 0 saturated carbocycles. The Morgan fingerprint density at radius 2 is 1.69 bits per heavy atom. The van der Waals surface area contributed by atoms with Crippen LogP contribution in [-0.4, -0.2) is 101 Å². The van der Waals surface area contributed by atoms with Crippen molar-refractivity contribution in [3.8, 4) is 22.4 Å². The van der Waals surface area contributed by atoms with E-state index in [1.807, 2.05) is 57.5 Å². The third kappa shape index (κ3) is 13.1. The predicted octanol–water partition coefficient (Wildman–Crippen LogP) is 8.92. The molecule has 2 fully saturated rings. The molecule has 2 aromatic heterocycles. The van der Waals surface area contributed by atoms with Crippen LogP contribution in [0.3, 0.4) is 0 Å². The van der Waals surface area contributed by atoms with Gasteiger partial charge in [-0.2, -0.15) is 18.4 Å². The number of ether oxygens (including phenoxy) is 3. The predicted molar refractivity (Wildman–Crippen MR) is 268 cm³/mol. The summed E-state index contributed by atoms with van der Waals surface area (Å²) in [4.78, 5) is 67.0. The van der Waals surface area contributed by atoms with E-state index in [0.717, 1.165) is 46.7 Å². The summed E-state index contributed by atoms with van der Waals surface area (Å²) in [6.45, 7) is 12.4. The van der Waals surface area contributed by atoms with Crippen molar-refractivity contribution in [2.24, 2.45) is 5.41 Å². The van der Waals surface area contributed by atoms with E-state index in [4.69, 9.17) is 43.3 Å². The summed E-state index contributed by atoms with van der Waals surface area (Å²) >= 11 is 13.7. The first kappa shape index (κ1) is 55.5. The number of hydrogen-bond acceptors (Lipinski definition) is 12. The van der Waals surface area contributed by atoms with Gasteiger partial charge in [0.25, 0.3) is 5.91 Å². The summed E-state index contributed by atoms with van der Waals surface area (Å²) in [6, 6.07) is 10.9. The zero-order chi connectivity index (χ0) is 52.5. The molecular weight excluding hydrogens is 1000 g/mol. The molecular formula is C50H57ClF4N8O7S2. The van der Waals surface area contributed by atoms with Crippen LogP contribution in [0.2, 0.25) is 5.02 Å². The van der Waals surface area contributed by atoms with Crippen LogP contribution in [0.25, 0.3) is 10.4 Å². The number of aromatic nitrogens is 2. The third-order valence-corrected chi connectivity index (χ3v) is 13.8. The van der Waals surface area contributed by atoms with Gasteiger partial charge in [0, 0.05) is 39.0 Å². The Kier molecular flexibility index (Phi) is 18.4. The normalized spacial score (nSPS) is 16.2. The molecule has 2 saturated heterocycles. The summed E-state index contributed by atoms with van der Waals surface area (Å²) < 4.78 is 73.7. The zero-order valence-corrected chi connectivity index (χ0v) is 43.2. The lowest BCUT2D eigenvalue weighted by Gasteiger charge is -2.35. The van der Waals surface area contributed by atoms with E-state index >= 15 is 4.39 Å². The number of amides is 4. The number of carbonyl (C=O) groups excluding carboxylic acids is 4. The average molecular weight is 1060 g/mol. The zero-order valence-electron chi connectivity index (χ0n) is 40.8. The Balaban J connectivity index is 0.861. The second-order valence-electron chi connectivity index (χ2n) is 18.9. The van der Waals surface area contributed by atoms with E-state index < -0.39 is 63.7 Å². The molecule has 2 aliphatic rings. The highest BCUT2D eigenvalue weighted by Crippen LogP contribution is 2.43. The van der Waals surface area contributed by atoms with Gasteiger partial charge in [-0.25, -0.2) is 14.4 Å². The largest absolute Gasteiger partial charge is 0.478 e. The number of nitriles is 1. The van der Waals surface area contributed by atoms with Crippen molar-refractivity contribution in [1.82, 2.24) is 25.5 Å². The highest BCUT2D eigenvalue weighted by atomic mass is 35.5. The molecule has 15 nitrogen and oxygen atoms in total. The molecule has 2 unspecified atom stereocenters. The van der Waals surface area contributed by atoms with Gasteiger partial charge in [-0.15, -0.1) is 11.3 Å². The van der Waals surface area contributed by atoms with Crippen molar-refractivity contribution in [2.45, 2.75) is 110 Å². The van der Waals surface area contributed by atoms with Gasteiger partial charge in [0.15, 0.2) is 10.9 Å². The van der Waals surface area contributed by atoms with Crippen LogP contribution < -0.4 is 25.2 Å². The number of thiocarbonyl (C=S) groups is 1. The first-order valence-electron chi connectivity index (χ1n) is 23.4. The van der Waals surface area contributed by atoms with Gasteiger partial charge in [0.1, 0.15) is 29.8 Å². The quantitative estimate of drug-likeness (QED) is 0.0461. The Morgan fingerprint density at radius 3 is 2.35 bits per heavy atom. The number of anilines is 2. The van der Waals surface area contributed by atoms with Crippen LogP contribution in [-0.2, 0) is 41.4 Å². The molecule has 0 spiro atoms. The molecule has 22 heteroatoms. The van der Waals surface area contributed by atoms with E-state index in [1.165, 1.54) is 37.1 Å². The highest BCUT2D eigenvalue weighted by molar-refractivity contribution is 7.81. The van der Waals surface area contributed by atoms with Gasteiger partial charge >= 0.3 is 6.18 Å². The number of carbonyl (C=O) groups is 4. The number of rotatable bonds is 21. The van der Waals surface area contributed by atoms with Crippen molar-refractivity contribution in [3.63, 3.8) is 0 Å². The van der Waals surface area contributed by atoms with Crippen LogP contribution in [0.4, 0.5) is 28.9 Å². The number of likely N-dealkylation sites (tertiary alicyclic amines) is 1. The van der Waals surface area contributed by atoms with Crippen molar-refractivity contribution in [1.29, 1.82) is 5.26 Å². The number of unbranched alkanes of at least 4 members (excludes halogenated alkanes) is 2. The maximum absolute atomic E-state index is 15.4. The van der Waals surface area contributed by atoms with Gasteiger partial charge in [0.2, 0.25) is 23.6 Å². The first-order valence-corrected chi connectivity index (χ1v) is 25.0. The summed E-state index contributed by atoms with van der Waals surface area (Å²) in [5, 5.41) is 14.7. The number of thiazole rings is 1. The van der Waals surface area contributed by atoms with Crippen molar-refractivity contribution in [3.05, 3.63) is 87.4 Å². The molecule has 4 amide bonds. The number of alkyl halides is 3. The van der Waals surface area contributed by atoms with Crippen LogP contribution in [0.5, 0.6) is 5.88 Å².